The van der Waals surface area contributed by atoms with Crippen molar-refractivity contribution in [2.24, 2.45) is 5.73 Å². The number of aromatic nitrogens is 1. The molecule has 0 saturated carbocycles. The van der Waals surface area contributed by atoms with Crippen LogP contribution >= 0.6 is 0 Å². The number of hydrogen-bond acceptors (Lipinski definition) is 4. The summed E-state index contributed by atoms with van der Waals surface area (Å²) in [6.45, 7) is 1.31. The average molecular weight is 188 g/mol. The quantitative estimate of drug-likeness (QED) is 0.453. The van der Waals surface area contributed by atoms with Gasteiger partial charge in [0, 0.05) is 13.1 Å². The third-order valence-corrected chi connectivity index (χ3v) is 0.874. The number of carboxylic acid groups (broad SMARTS) is 1. The Balaban J connectivity index is 0. The molecule has 0 radical (unpaired) electrons. The van der Waals surface area contributed by atoms with E-state index >= 15 is 0 Å². The first kappa shape index (κ1) is 15.2. The molecule has 1 rings (SSSR count). The van der Waals surface area contributed by atoms with Crippen molar-refractivity contribution in [1.29, 1.82) is 0 Å². The molecule has 2 N–H and O–H groups in total. The van der Waals surface area contributed by atoms with Gasteiger partial charge in [-0.1, -0.05) is 6.07 Å². The fourth-order valence-corrected chi connectivity index (χ4v) is 0.484. The normalized spacial score (nSPS) is 7.50. The predicted molar refractivity (Wildman–Crippen MR) is 43.4 cm³/mol. The summed E-state index contributed by atoms with van der Waals surface area (Å²) >= 11 is 0. The van der Waals surface area contributed by atoms with Crippen molar-refractivity contribution < 1.29 is 33.6 Å². The summed E-state index contributed by atoms with van der Waals surface area (Å²) in [6, 6.07) is 4.62. The van der Waals surface area contributed by atoms with Gasteiger partial charge >= 0.3 is 18.9 Å². The van der Waals surface area contributed by atoms with Gasteiger partial charge in [-0.2, -0.15) is 0 Å². The third kappa shape index (κ3) is 8.78. The zero-order valence-corrected chi connectivity index (χ0v) is 8.06. The van der Waals surface area contributed by atoms with Gasteiger partial charge in [0.15, 0.2) is 0 Å². The number of aromatic carboxylic acids is 1. The van der Waals surface area contributed by atoms with Gasteiger partial charge in [-0.3, -0.25) is 9.78 Å². The Morgan fingerprint density at radius 2 is 1.93 bits per heavy atom. The molecular formula is C8H9LiN2O3. The molecule has 1 heterocycles. The first-order valence-electron chi connectivity index (χ1n) is 3.42. The van der Waals surface area contributed by atoms with Crippen molar-refractivity contribution in [2.45, 2.75) is 6.92 Å². The van der Waals surface area contributed by atoms with Crippen molar-refractivity contribution in [3.05, 3.63) is 30.1 Å². The number of nitrogens with two attached hydrogens (primary N) is 1. The number of rotatable bonds is 1. The summed E-state index contributed by atoms with van der Waals surface area (Å²) < 4.78 is 0. The largest absolute Gasteiger partial charge is 1.00 e. The van der Waals surface area contributed by atoms with E-state index in [-0.39, 0.29) is 30.5 Å². The number of carbonyl (C=O) groups excluding carboxylic acids is 2. The molecule has 0 atom stereocenters. The minimum absolute atomic E-state index is 0. The second kappa shape index (κ2) is 8.29. The summed E-state index contributed by atoms with van der Waals surface area (Å²) in [7, 11) is 0. The van der Waals surface area contributed by atoms with Crippen LogP contribution in [0.4, 0.5) is 0 Å². The number of hydrogen-bond donors (Lipinski definition) is 1. The standard InChI is InChI=1S/C6H5NO2.C2H5NO.Li/c8-6(9)5-3-1-2-4-7-5;1-2(3)4;/h1-4H,(H,8,9);1H3,(H2,3,4);/q;;+1/p-1. The minimum Gasteiger partial charge on any atom is -0.543 e. The average Bonchev–Trinajstić information content (AvgIpc) is 2.05. The van der Waals surface area contributed by atoms with Crippen LogP contribution in [0.1, 0.15) is 17.4 Å². The second-order valence-corrected chi connectivity index (χ2v) is 2.11. The van der Waals surface area contributed by atoms with Crippen molar-refractivity contribution >= 4 is 11.9 Å². The van der Waals surface area contributed by atoms with Gasteiger partial charge in [0.1, 0.15) is 0 Å². The molecule has 6 heteroatoms. The van der Waals surface area contributed by atoms with Crippen LogP contribution in [-0.4, -0.2) is 16.9 Å². The molecular weight excluding hydrogens is 179 g/mol. The zero-order chi connectivity index (χ0) is 10.3. The van der Waals surface area contributed by atoms with Gasteiger partial charge in [0.25, 0.3) is 0 Å². The van der Waals surface area contributed by atoms with Crippen LogP contribution in [0.25, 0.3) is 0 Å². The van der Waals surface area contributed by atoms with Crippen molar-refractivity contribution in [3.63, 3.8) is 0 Å². The van der Waals surface area contributed by atoms with Crippen LogP contribution in [0.5, 0.6) is 0 Å². The van der Waals surface area contributed by atoms with E-state index in [2.05, 4.69) is 10.7 Å². The number of carbonyl (C=O) groups is 2. The van der Waals surface area contributed by atoms with Gasteiger partial charge in [0.05, 0.1) is 11.7 Å². The Kier molecular flexibility index (Phi) is 8.99. The van der Waals surface area contributed by atoms with Crippen LogP contribution in [0.3, 0.4) is 0 Å². The molecule has 0 saturated heterocycles. The Labute approximate surface area is 93.5 Å². The van der Waals surface area contributed by atoms with Gasteiger partial charge in [-0.25, -0.2) is 0 Å². The Hall–Kier alpha value is -1.31. The maximum absolute atomic E-state index is 10.0. The molecule has 0 aliphatic carbocycles. The van der Waals surface area contributed by atoms with Gasteiger partial charge in [-0.05, 0) is 12.1 Å². The van der Waals surface area contributed by atoms with Crippen LogP contribution in [-0.2, 0) is 4.79 Å². The molecule has 70 valence electrons. The monoisotopic (exact) mass is 188 g/mol. The molecule has 0 aliphatic rings. The van der Waals surface area contributed by atoms with Gasteiger partial charge in [-0.15, -0.1) is 0 Å². The smallest absolute Gasteiger partial charge is 0.543 e. The molecule has 0 aliphatic heterocycles. The predicted octanol–water partition coefficient (Wildman–Crippen LogP) is -4.06. The summed E-state index contributed by atoms with van der Waals surface area (Å²) in [6.07, 6.45) is 1.41. The Bertz CT molecular complexity index is 286. The summed E-state index contributed by atoms with van der Waals surface area (Å²) in [4.78, 5) is 22.8. The van der Waals surface area contributed by atoms with Crippen LogP contribution in [0.2, 0.25) is 0 Å². The molecule has 0 spiro atoms. The molecule has 1 aromatic rings. The topological polar surface area (TPSA) is 96.1 Å². The molecule has 14 heavy (non-hydrogen) atoms. The van der Waals surface area contributed by atoms with Crippen LogP contribution < -0.4 is 29.7 Å². The van der Waals surface area contributed by atoms with Crippen molar-refractivity contribution in [2.75, 3.05) is 0 Å². The van der Waals surface area contributed by atoms with Crippen molar-refractivity contribution in [1.82, 2.24) is 4.98 Å². The number of amides is 1. The molecule has 0 unspecified atom stereocenters. The molecule has 0 aromatic carbocycles. The van der Waals surface area contributed by atoms with E-state index in [1.807, 2.05) is 0 Å². The summed E-state index contributed by atoms with van der Waals surface area (Å²) in [5, 5.41) is 10.0. The zero-order valence-electron chi connectivity index (χ0n) is 8.06. The second-order valence-electron chi connectivity index (χ2n) is 2.11. The van der Waals surface area contributed by atoms with Crippen LogP contribution in [0, 0.1) is 0 Å². The first-order chi connectivity index (χ1) is 6.04. The van der Waals surface area contributed by atoms with E-state index in [0.29, 0.717) is 0 Å². The molecule has 1 aromatic heterocycles. The first-order valence-corrected chi connectivity index (χ1v) is 3.42. The Morgan fingerprint density at radius 1 is 1.43 bits per heavy atom. The van der Waals surface area contributed by atoms with E-state index in [1.165, 1.54) is 19.2 Å². The van der Waals surface area contributed by atoms with Gasteiger partial charge in [0.2, 0.25) is 5.91 Å². The SMILES string of the molecule is CC(N)=O.O=C([O-])c1ccccn1.[Li+]. The number of nitrogens with zero attached hydrogens (tertiary/aromatic N) is 1. The molecule has 5 nitrogen and oxygen atoms in total. The number of pyridine rings is 1. The van der Waals surface area contributed by atoms with E-state index < -0.39 is 5.97 Å². The number of carboxylic acids is 1. The maximum atomic E-state index is 10.0. The van der Waals surface area contributed by atoms with E-state index in [1.54, 1.807) is 12.1 Å². The summed E-state index contributed by atoms with van der Waals surface area (Å²) in [5.41, 5.74) is 4.44. The maximum Gasteiger partial charge on any atom is 1.00 e. The summed E-state index contributed by atoms with van der Waals surface area (Å²) in [5.74, 6) is -1.57. The number of primary amides is 1. The van der Waals surface area contributed by atoms with Gasteiger partial charge < -0.3 is 15.6 Å². The molecule has 0 bridgehead atoms. The fraction of sp³-hybridized carbons (Fsp3) is 0.125. The molecule has 0 fully saturated rings. The minimum atomic E-state index is -1.24. The molecule has 1 amide bonds. The third-order valence-electron chi connectivity index (χ3n) is 0.874. The van der Waals surface area contributed by atoms with E-state index in [0.717, 1.165) is 0 Å². The Morgan fingerprint density at radius 3 is 2.14 bits per heavy atom. The van der Waals surface area contributed by atoms with E-state index in [4.69, 9.17) is 0 Å². The van der Waals surface area contributed by atoms with E-state index in [9.17, 15) is 14.7 Å². The fourth-order valence-electron chi connectivity index (χ4n) is 0.484. The van der Waals surface area contributed by atoms with Crippen LogP contribution in [0.15, 0.2) is 24.4 Å². The van der Waals surface area contributed by atoms with Crippen molar-refractivity contribution in [3.8, 4) is 0 Å².